The maximum absolute atomic E-state index is 12.6. The smallest absolute Gasteiger partial charge is 0.224 e. The molecule has 0 saturated carbocycles. The largest absolute Gasteiger partial charge is 0.326 e. The number of amides is 1. The summed E-state index contributed by atoms with van der Waals surface area (Å²) in [7, 11) is 0. The molecular weight excluding hydrogens is 374 g/mol. The van der Waals surface area contributed by atoms with E-state index in [1.54, 1.807) is 0 Å². The molecule has 154 valence electrons. The van der Waals surface area contributed by atoms with Gasteiger partial charge in [-0.25, -0.2) is 14.5 Å². The first-order valence-corrected chi connectivity index (χ1v) is 10.2. The van der Waals surface area contributed by atoms with Gasteiger partial charge in [0.25, 0.3) is 0 Å². The molecule has 4 aromatic rings. The van der Waals surface area contributed by atoms with Crippen LogP contribution < -0.4 is 5.32 Å². The molecule has 0 radical (unpaired) electrons. The lowest BCUT2D eigenvalue weighted by molar-refractivity contribution is -0.116. The van der Waals surface area contributed by atoms with Crippen molar-refractivity contribution in [3.8, 4) is 0 Å². The molecule has 0 atom stereocenters. The molecule has 4 rings (SSSR count). The molecule has 0 aliphatic rings. The fraction of sp³-hybridized carbons (Fsp3) is 0.333. The van der Waals surface area contributed by atoms with Crippen LogP contribution in [0, 0.1) is 41.5 Å². The van der Waals surface area contributed by atoms with Gasteiger partial charge < -0.3 is 5.32 Å². The van der Waals surface area contributed by atoms with Gasteiger partial charge in [0, 0.05) is 29.2 Å². The van der Waals surface area contributed by atoms with E-state index >= 15 is 0 Å². The Bertz CT molecular complexity index is 1300. The third-order valence-corrected chi connectivity index (χ3v) is 5.89. The van der Waals surface area contributed by atoms with E-state index in [0.29, 0.717) is 18.5 Å². The van der Waals surface area contributed by atoms with Crippen LogP contribution in [0.2, 0.25) is 0 Å². The van der Waals surface area contributed by atoms with Crippen molar-refractivity contribution in [3.63, 3.8) is 0 Å². The van der Waals surface area contributed by atoms with Crippen LogP contribution in [0.5, 0.6) is 0 Å². The Hall–Kier alpha value is -3.28. The summed E-state index contributed by atoms with van der Waals surface area (Å²) in [4.78, 5) is 22.0. The lowest BCUT2D eigenvalue weighted by Crippen LogP contribution is -2.15. The van der Waals surface area contributed by atoms with E-state index < -0.39 is 0 Å². The molecule has 0 aliphatic carbocycles. The molecule has 0 unspecified atom stereocenters. The minimum atomic E-state index is 0.00126. The molecule has 0 bridgehead atoms. The molecule has 0 aliphatic heterocycles. The van der Waals surface area contributed by atoms with Crippen LogP contribution in [0.15, 0.2) is 24.3 Å². The minimum Gasteiger partial charge on any atom is -0.326 e. The summed E-state index contributed by atoms with van der Waals surface area (Å²) in [5, 5.41) is 8.73. The number of rotatable bonds is 4. The van der Waals surface area contributed by atoms with Gasteiger partial charge >= 0.3 is 0 Å². The Morgan fingerprint density at radius 1 is 1.03 bits per heavy atom. The fourth-order valence-corrected chi connectivity index (χ4v) is 4.07. The van der Waals surface area contributed by atoms with Crippen LogP contribution in [-0.2, 0) is 11.2 Å². The van der Waals surface area contributed by atoms with Gasteiger partial charge in [-0.1, -0.05) is 12.1 Å². The van der Waals surface area contributed by atoms with Gasteiger partial charge in [-0.05, 0) is 82.3 Å². The zero-order valence-corrected chi connectivity index (χ0v) is 18.4. The Kier molecular flexibility index (Phi) is 5.02. The van der Waals surface area contributed by atoms with Gasteiger partial charge in [-0.15, -0.1) is 5.10 Å². The molecule has 6 nitrogen and oxygen atoms in total. The summed E-state index contributed by atoms with van der Waals surface area (Å²) in [6.07, 6.45) is 0.998. The number of aryl methyl sites for hydroxylation is 5. The predicted molar refractivity (Wildman–Crippen MR) is 120 cm³/mol. The number of fused-ring (bicyclic) bond motifs is 3. The van der Waals surface area contributed by atoms with Crippen LogP contribution in [0.1, 0.15) is 45.8 Å². The second-order valence-corrected chi connectivity index (χ2v) is 8.07. The summed E-state index contributed by atoms with van der Waals surface area (Å²) >= 11 is 0. The Labute approximate surface area is 176 Å². The highest BCUT2D eigenvalue weighted by Gasteiger charge is 2.17. The van der Waals surface area contributed by atoms with Gasteiger partial charge in [0.1, 0.15) is 0 Å². The normalized spacial score (nSPS) is 11.4. The molecular formula is C24H27N5O. The number of carbonyl (C=O) groups is 1. The summed E-state index contributed by atoms with van der Waals surface area (Å²) in [6.45, 7) is 12.1. The van der Waals surface area contributed by atoms with Crippen LogP contribution in [0.4, 0.5) is 5.69 Å². The molecule has 1 aromatic carbocycles. The summed E-state index contributed by atoms with van der Waals surface area (Å²) in [6, 6.07) is 8.01. The standard InChI is InChI=1S/C24H27N5O/c1-13-8-7-9-20(16(13)4)27-21(30)11-10-19-17(5)26-24-22-14(2)12-15(3)25-23(22)28-29(24)18(19)6/h7-9,12H,10-11H2,1-6H3,(H,27,30). The van der Waals surface area contributed by atoms with Crippen molar-refractivity contribution in [2.24, 2.45) is 0 Å². The van der Waals surface area contributed by atoms with Crippen molar-refractivity contribution in [1.82, 2.24) is 19.6 Å². The Morgan fingerprint density at radius 3 is 2.57 bits per heavy atom. The molecule has 1 N–H and O–H groups in total. The highest BCUT2D eigenvalue weighted by atomic mass is 16.1. The monoisotopic (exact) mass is 401 g/mol. The quantitative estimate of drug-likeness (QED) is 0.538. The van der Waals surface area contributed by atoms with Gasteiger partial charge in [0.05, 0.1) is 5.39 Å². The zero-order chi connectivity index (χ0) is 21.6. The van der Waals surface area contributed by atoms with Crippen molar-refractivity contribution in [1.29, 1.82) is 0 Å². The number of carbonyl (C=O) groups excluding carboxylic acids is 1. The highest BCUT2D eigenvalue weighted by molar-refractivity contribution is 5.93. The SMILES string of the molecule is Cc1cc(C)c2c(n1)nn1c(C)c(CCC(=O)Nc3cccc(C)c3C)c(C)nc21. The number of pyridine rings is 1. The first-order chi connectivity index (χ1) is 14.3. The molecule has 0 fully saturated rings. The van der Waals surface area contributed by atoms with E-state index in [1.165, 1.54) is 5.56 Å². The van der Waals surface area contributed by atoms with E-state index in [4.69, 9.17) is 10.1 Å². The van der Waals surface area contributed by atoms with Crippen LogP contribution in [-0.4, -0.2) is 25.5 Å². The lowest BCUT2D eigenvalue weighted by Gasteiger charge is -2.13. The summed E-state index contributed by atoms with van der Waals surface area (Å²) < 4.78 is 1.87. The minimum absolute atomic E-state index is 0.00126. The predicted octanol–water partition coefficient (Wildman–Crippen LogP) is 4.70. The summed E-state index contributed by atoms with van der Waals surface area (Å²) in [5.41, 5.74) is 9.75. The lowest BCUT2D eigenvalue weighted by atomic mass is 10.1. The van der Waals surface area contributed by atoms with Crippen molar-refractivity contribution < 1.29 is 4.79 Å². The Morgan fingerprint density at radius 2 is 1.80 bits per heavy atom. The van der Waals surface area contributed by atoms with Gasteiger partial charge in [0.2, 0.25) is 5.91 Å². The number of anilines is 1. The zero-order valence-electron chi connectivity index (χ0n) is 18.4. The molecule has 3 heterocycles. The van der Waals surface area contributed by atoms with Gasteiger partial charge in [-0.2, -0.15) is 0 Å². The van der Waals surface area contributed by atoms with E-state index in [2.05, 4.69) is 23.3 Å². The number of nitrogens with one attached hydrogen (secondary N) is 1. The van der Waals surface area contributed by atoms with Crippen LogP contribution in [0.3, 0.4) is 0 Å². The summed E-state index contributed by atoms with van der Waals surface area (Å²) in [5.74, 6) is 0.00126. The van der Waals surface area contributed by atoms with Crippen molar-refractivity contribution in [2.75, 3.05) is 5.32 Å². The number of benzene rings is 1. The second kappa shape index (κ2) is 7.52. The van der Waals surface area contributed by atoms with Crippen molar-refractivity contribution in [2.45, 2.75) is 54.4 Å². The van der Waals surface area contributed by atoms with Crippen LogP contribution in [0.25, 0.3) is 16.7 Å². The first kappa shape index (κ1) is 20.0. The maximum atomic E-state index is 12.6. The van der Waals surface area contributed by atoms with E-state index in [-0.39, 0.29) is 5.91 Å². The molecule has 0 spiro atoms. The third kappa shape index (κ3) is 3.43. The first-order valence-electron chi connectivity index (χ1n) is 10.2. The molecule has 3 aromatic heterocycles. The number of hydrogen-bond acceptors (Lipinski definition) is 4. The molecule has 1 amide bonds. The second-order valence-electron chi connectivity index (χ2n) is 8.07. The van der Waals surface area contributed by atoms with Crippen molar-refractivity contribution in [3.05, 3.63) is 63.6 Å². The highest BCUT2D eigenvalue weighted by Crippen LogP contribution is 2.25. The van der Waals surface area contributed by atoms with Crippen LogP contribution >= 0.6 is 0 Å². The third-order valence-electron chi connectivity index (χ3n) is 5.89. The maximum Gasteiger partial charge on any atom is 0.224 e. The van der Waals surface area contributed by atoms with Gasteiger partial charge in [-0.3, -0.25) is 4.79 Å². The van der Waals surface area contributed by atoms with Crippen molar-refractivity contribution >= 4 is 28.3 Å². The average molecular weight is 402 g/mol. The number of nitrogens with zero attached hydrogens (tertiary/aromatic N) is 4. The number of hydrogen-bond donors (Lipinski definition) is 1. The van der Waals surface area contributed by atoms with E-state index in [1.807, 2.05) is 57.3 Å². The Balaban J connectivity index is 1.63. The fourth-order valence-electron chi connectivity index (χ4n) is 4.07. The topological polar surface area (TPSA) is 72.2 Å². The molecule has 30 heavy (non-hydrogen) atoms. The van der Waals surface area contributed by atoms with E-state index in [9.17, 15) is 4.79 Å². The molecule has 6 heteroatoms. The average Bonchev–Trinajstić information content (AvgIpc) is 3.04. The van der Waals surface area contributed by atoms with Gasteiger partial charge in [0.15, 0.2) is 11.3 Å². The molecule has 0 saturated heterocycles. The number of aromatic nitrogens is 4. The van der Waals surface area contributed by atoms with E-state index in [0.717, 1.165) is 50.5 Å².